The van der Waals surface area contributed by atoms with Crippen molar-refractivity contribution < 1.29 is 14.7 Å². The highest BCUT2D eigenvalue weighted by molar-refractivity contribution is 6.07. The second-order valence-corrected chi connectivity index (χ2v) is 4.40. The number of fused-ring (bicyclic) bond motifs is 1. The third-order valence-electron chi connectivity index (χ3n) is 3.15. The Kier molecular flexibility index (Phi) is 2.84. The molecule has 1 N–H and O–H groups in total. The van der Waals surface area contributed by atoms with Crippen LogP contribution in [0, 0.1) is 0 Å². The van der Waals surface area contributed by atoms with E-state index in [1.807, 2.05) is 12.1 Å². The lowest BCUT2D eigenvalue weighted by atomic mass is 10.2. The number of carboxylic acid groups (broad SMARTS) is 1. The number of carbonyl (C=O) groups excluding carboxylic acids is 1. The first-order valence-electron chi connectivity index (χ1n) is 6.12. The van der Waals surface area contributed by atoms with E-state index >= 15 is 0 Å². The summed E-state index contributed by atoms with van der Waals surface area (Å²) >= 11 is 0. The van der Waals surface area contributed by atoms with Gasteiger partial charge in [-0.05, 0) is 24.3 Å². The molecule has 3 rings (SSSR count). The van der Waals surface area contributed by atoms with E-state index in [4.69, 9.17) is 0 Å². The molecule has 0 aliphatic heterocycles. The highest BCUT2D eigenvalue weighted by Crippen LogP contribution is 2.21. The van der Waals surface area contributed by atoms with E-state index in [0.717, 1.165) is 5.39 Å². The number of para-hydroxylation sites is 1. The van der Waals surface area contributed by atoms with Crippen molar-refractivity contribution in [3.8, 4) is 0 Å². The van der Waals surface area contributed by atoms with Gasteiger partial charge in [-0.3, -0.25) is 9.36 Å². The number of carbonyl (C=O) groups is 2. The van der Waals surface area contributed by atoms with Crippen LogP contribution in [0.15, 0.2) is 60.7 Å². The van der Waals surface area contributed by atoms with E-state index in [-0.39, 0.29) is 11.6 Å². The normalized spacial score (nSPS) is 10.6. The highest BCUT2D eigenvalue weighted by Gasteiger charge is 2.20. The smallest absolute Gasteiger partial charge is 0.353 e. The predicted molar refractivity (Wildman–Crippen MR) is 75.1 cm³/mol. The molecule has 4 nitrogen and oxygen atoms in total. The first kappa shape index (κ1) is 12.2. The van der Waals surface area contributed by atoms with Crippen LogP contribution in [-0.2, 0) is 0 Å². The summed E-state index contributed by atoms with van der Waals surface area (Å²) in [5.74, 6) is -1.46. The van der Waals surface area contributed by atoms with E-state index in [0.29, 0.717) is 11.1 Å². The molecule has 0 saturated heterocycles. The Morgan fingerprint density at radius 2 is 1.55 bits per heavy atom. The van der Waals surface area contributed by atoms with Gasteiger partial charge in [-0.25, -0.2) is 4.79 Å². The van der Waals surface area contributed by atoms with Crippen LogP contribution in [0.4, 0.5) is 0 Å². The minimum Gasteiger partial charge on any atom is -0.477 e. The van der Waals surface area contributed by atoms with E-state index < -0.39 is 5.97 Å². The van der Waals surface area contributed by atoms with Gasteiger partial charge in [-0.2, -0.15) is 0 Å². The zero-order valence-corrected chi connectivity index (χ0v) is 10.5. The van der Waals surface area contributed by atoms with Gasteiger partial charge in [-0.1, -0.05) is 36.4 Å². The Balaban J connectivity index is 2.27. The van der Waals surface area contributed by atoms with Crippen LogP contribution in [-0.4, -0.2) is 21.6 Å². The maximum absolute atomic E-state index is 12.5. The van der Waals surface area contributed by atoms with Crippen LogP contribution >= 0.6 is 0 Å². The SMILES string of the molecule is O=C(O)c1cc2ccccc2n1C(=O)c1ccccc1. The fourth-order valence-corrected chi connectivity index (χ4v) is 2.24. The molecule has 0 amide bonds. The topological polar surface area (TPSA) is 59.3 Å². The Morgan fingerprint density at radius 3 is 2.25 bits per heavy atom. The molecule has 0 spiro atoms. The van der Waals surface area contributed by atoms with Crippen LogP contribution in [0.1, 0.15) is 20.8 Å². The van der Waals surface area contributed by atoms with Gasteiger partial charge >= 0.3 is 5.97 Å². The minimum atomic E-state index is -1.12. The summed E-state index contributed by atoms with van der Waals surface area (Å²) in [6.45, 7) is 0. The number of hydrogen-bond donors (Lipinski definition) is 1. The van der Waals surface area contributed by atoms with Crippen molar-refractivity contribution in [1.82, 2.24) is 4.57 Å². The van der Waals surface area contributed by atoms with E-state index in [1.54, 1.807) is 42.5 Å². The second kappa shape index (κ2) is 4.66. The summed E-state index contributed by atoms with van der Waals surface area (Å²) in [6.07, 6.45) is 0. The monoisotopic (exact) mass is 265 g/mol. The van der Waals surface area contributed by atoms with Crippen LogP contribution in [0.5, 0.6) is 0 Å². The van der Waals surface area contributed by atoms with Gasteiger partial charge in [0.2, 0.25) is 0 Å². The Labute approximate surface area is 114 Å². The molecular weight excluding hydrogens is 254 g/mol. The molecule has 0 atom stereocenters. The molecule has 3 aromatic rings. The first-order chi connectivity index (χ1) is 9.68. The van der Waals surface area contributed by atoms with Crippen molar-refractivity contribution in [3.05, 3.63) is 71.9 Å². The first-order valence-corrected chi connectivity index (χ1v) is 6.12. The molecule has 4 heteroatoms. The molecule has 1 heterocycles. The summed E-state index contributed by atoms with van der Waals surface area (Å²) in [5.41, 5.74) is 1.02. The Hall–Kier alpha value is -2.88. The molecular formula is C16H11NO3. The van der Waals surface area contributed by atoms with Gasteiger partial charge in [0.05, 0.1) is 5.52 Å². The summed E-state index contributed by atoms with van der Waals surface area (Å²) < 4.78 is 1.24. The molecule has 20 heavy (non-hydrogen) atoms. The van der Waals surface area contributed by atoms with Gasteiger partial charge < -0.3 is 5.11 Å². The van der Waals surface area contributed by atoms with Gasteiger partial charge in [-0.15, -0.1) is 0 Å². The van der Waals surface area contributed by atoms with Gasteiger partial charge in [0, 0.05) is 10.9 Å². The number of carboxylic acids is 1. The van der Waals surface area contributed by atoms with E-state index in [9.17, 15) is 14.7 Å². The molecule has 0 aliphatic carbocycles. The lowest BCUT2D eigenvalue weighted by Gasteiger charge is -2.06. The average molecular weight is 265 g/mol. The molecule has 0 bridgehead atoms. The zero-order chi connectivity index (χ0) is 14.1. The quantitative estimate of drug-likeness (QED) is 0.774. The summed E-state index contributed by atoms with van der Waals surface area (Å²) in [6, 6.07) is 17.3. The van der Waals surface area contributed by atoms with Crippen molar-refractivity contribution in [1.29, 1.82) is 0 Å². The van der Waals surface area contributed by atoms with Crippen LogP contribution < -0.4 is 0 Å². The molecule has 0 fully saturated rings. The van der Waals surface area contributed by atoms with Crippen LogP contribution in [0.2, 0.25) is 0 Å². The lowest BCUT2D eigenvalue weighted by molar-refractivity contribution is 0.0677. The summed E-state index contributed by atoms with van der Waals surface area (Å²) in [5, 5.41) is 10.0. The molecule has 2 aromatic carbocycles. The number of hydrogen-bond acceptors (Lipinski definition) is 2. The summed E-state index contributed by atoms with van der Waals surface area (Å²) in [7, 11) is 0. The van der Waals surface area contributed by atoms with Gasteiger partial charge in [0.1, 0.15) is 5.69 Å². The van der Waals surface area contributed by atoms with Gasteiger partial charge in [0.15, 0.2) is 0 Å². The number of aromatic nitrogens is 1. The molecule has 1 aromatic heterocycles. The van der Waals surface area contributed by atoms with Crippen molar-refractivity contribution in [2.45, 2.75) is 0 Å². The summed E-state index contributed by atoms with van der Waals surface area (Å²) in [4.78, 5) is 23.9. The maximum atomic E-state index is 12.5. The van der Waals surface area contributed by atoms with E-state index in [2.05, 4.69) is 0 Å². The standard InChI is InChI=1S/C16H11NO3/c18-15(11-6-2-1-3-7-11)17-13-9-5-4-8-12(13)10-14(17)16(19)20/h1-10H,(H,19,20). The van der Waals surface area contributed by atoms with E-state index in [1.165, 1.54) is 10.6 Å². The number of rotatable bonds is 2. The predicted octanol–water partition coefficient (Wildman–Crippen LogP) is 3.03. The Bertz CT molecular complexity index is 803. The third kappa shape index (κ3) is 1.87. The maximum Gasteiger partial charge on any atom is 0.353 e. The second-order valence-electron chi connectivity index (χ2n) is 4.40. The van der Waals surface area contributed by atoms with Crippen molar-refractivity contribution in [2.24, 2.45) is 0 Å². The molecule has 0 unspecified atom stereocenters. The molecule has 0 aliphatic rings. The van der Waals surface area contributed by atoms with Crippen molar-refractivity contribution >= 4 is 22.8 Å². The Morgan fingerprint density at radius 1 is 0.900 bits per heavy atom. The molecule has 98 valence electrons. The fourth-order valence-electron chi connectivity index (χ4n) is 2.24. The zero-order valence-electron chi connectivity index (χ0n) is 10.5. The lowest BCUT2D eigenvalue weighted by Crippen LogP contribution is -2.17. The average Bonchev–Trinajstić information content (AvgIpc) is 2.87. The van der Waals surface area contributed by atoms with Crippen molar-refractivity contribution in [3.63, 3.8) is 0 Å². The van der Waals surface area contributed by atoms with Crippen LogP contribution in [0.3, 0.4) is 0 Å². The fraction of sp³-hybridized carbons (Fsp3) is 0. The third-order valence-corrected chi connectivity index (χ3v) is 3.15. The number of aromatic carboxylic acids is 1. The highest BCUT2D eigenvalue weighted by atomic mass is 16.4. The van der Waals surface area contributed by atoms with Crippen LogP contribution in [0.25, 0.3) is 10.9 Å². The number of nitrogens with zero attached hydrogens (tertiary/aromatic N) is 1. The van der Waals surface area contributed by atoms with Crippen molar-refractivity contribution in [2.75, 3.05) is 0 Å². The number of benzene rings is 2. The largest absolute Gasteiger partial charge is 0.477 e. The van der Waals surface area contributed by atoms with Gasteiger partial charge in [0.25, 0.3) is 5.91 Å². The minimum absolute atomic E-state index is 0.0277. The molecule has 0 radical (unpaired) electrons. The molecule has 0 saturated carbocycles.